The number of piperidine rings is 1. The lowest BCUT2D eigenvalue weighted by atomic mass is 9.99. The van der Waals surface area contributed by atoms with Crippen LogP contribution in [0.2, 0.25) is 0 Å². The van der Waals surface area contributed by atoms with Crippen LogP contribution in [0.5, 0.6) is 0 Å². The Labute approximate surface area is 85.9 Å². The second kappa shape index (κ2) is 6.63. The minimum Gasteiger partial charge on any atom is -0.396 e. The molecule has 1 fully saturated rings. The number of hydrogen-bond donors (Lipinski definition) is 1. The van der Waals surface area contributed by atoms with Gasteiger partial charge in [-0.25, -0.2) is 0 Å². The molecule has 1 heterocycles. The van der Waals surface area contributed by atoms with Crippen LogP contribution in [0, 0.1) is 5.92 Å². The first-order chi connectivity index (χ1) is 6.36. The zero-order chi connectivity index (χ0) is 9.52. The van der Waals surface area contributed by atoms with E-state index in [1.54, 1.807) is 0 Å². The third kappa shape index (κ3) is 4.30. The number of aliphatic hydroxyl groups excluding tert-OH is 1. The van der Waals surface area contributed by atoms with E-state index in [9.17, 15) is 0 Å². The second-order valence-corrected chi connectivity index (χ2v) is 4.27. The first-order valence-corrected chi connectivity index (χ1v) is 5.79. The summed E-state index contributed by atoms with van der Waals surface area (Å²) < 4.78 is 0. The van der Waals surface area contributed by atoms with Gasteiger partial charge >= 0.3 is 0 Å². The molecule has 0 saturated carbocycles. The monoisotopic (exact) mass is 205 g/mol. The van der Waals surface area contributed by atoms with E-state index in [4.69, 9.17) is 16.7 Å². The number of unbranched alkanes of at least 4 members (excludes halogenated alkanes) is 1. The van der Waals surface area contributed by atoms with Crippen LogP contribution in [-0.4, -0.2) is 42.1 Å². The quantitative estimate of drug-likeness (QED) is 0.546. The van der Waals surface area contributed by atoms with E-state index >= 15 is 0 Å². The topological polar surface area (TPSA) is 23.5 Å². The highest BCUT2D eigenvalue weighted by Crippen LogP contribution is 2.15. The van der Waals surface area contributed by atoms with Gasteiger partial charge < -0.3 is 10.0 Å². The van der Waals surface area contributed by atoms with Crippen molar-refractivity contribution in [2.24, 2.45) is 5.92 Å². The van der Waals surface area contributed by atoms with E-state index in [1.165, 1.54) is 25.8 Å². The Morgan fingerprint density at radius 2 is 2.23 bits per heavy atom. The zero-order valence-corrected chi connectivity index (χ0v) is 8.97. The molecular formula is C10H20ClNO. The van der Waals surface area contributed by atoms with Crippen LogP contribution in [0.15, 0.2) is 0 Å². The number of nitrogens with zero attached hydrogens (tertiary/aromatic N) is 1. The number of likely N-dealkylation sites (tertiary alicyclic amines) is 1. The van der Waals surface area contributed by atoms with Gasteiger partial charge in [0.05, 0.1) is 0 Å². The van der Waals surface area contributed by atoms with Gasteiger partial charge in [0.25, 0.3) is 0 Å². The molecule has 1 saturated heterocycles. The first-order valence-electron chi connectivity index (χ1n) is 5.26. The van der Waals surface area contributed by atoms with E-state index in [0.29, 0.717) is 12.5 Å². The summed E-state index contributed by atoms with van der Waals surface area (Å²) in [5.41, 5.74) is 0. The summed E-state index contributed by atoms with van der Waals surface area (Å²) in [6.07, 6.45) is 4.75. The molecule has 1 N–H and O–H groups in total. The SMILES string of the molecule is OC[C@H]1CCCN(CCCCCl)C1. The van der Waals surface area contributed by atoms with Gasteiger partial charge in [-0.3, -0.25) is 0 Å². The lowest BCUT2D eigenvalue weighted by molar-refractivity contribution is 0.119. The van der Waals surface area contributed by atoms with Crippen molar-refractivity contribution >= 4 is 11.6 Å². The fourth-order valence-electron chi connectivity index (χ4n) is 1.93. The van der Waals surface area contributed by atoms with E-state index in [1.807, 2.05) is 0 Å². The molecule has 1 rings (SSSR count). The van der Waals surface area contributed by atoms with Crippen molar-refractivity contribution in [2.75, 3.05) is 32.1 Å². The highest BCUT2D eigenvalue weighted by atomic mass is 35.5. The van der Waals surface area contributed by atoms with E-state index in [2.05, 4.69) is 4.90 Å². The Bertz CT molecular complexity index is 132. The molecule has 78 valence electrons. The predicted molar refractivity (Wildman–Crippen MR) is 56.2 cm³/mol. The van der Waals surface area contributed by atoms with Crippen molar-refractivity contribution in [3.8, 4) is 0 Å². The third-order valence-electron chi connectivity index (χ3n) is 2.72. The Balaban J connectivity index is 2.11. The Kier molecular flexibility index (Phi) is 5.76. The fourth-order valence-corrected chi connectivity index (χ4v) is 2.12. The maximum absolute atomic E-state index is 9.03. The molecule has 1 aliphatic rings. The summed E-state index contributed by atoms with van der Waals surface area (Å²) in [6, 6.07) is 0. The van der Waals surface area contributed by atoms with Crippen molar-refractivity contribution in [3.05, 3.63) is 0 Å². The molecule has 3 heteroatoms. The molecule has 0 unspecified atom stereocenters. The largest absolute Gasteiger partial charge is 0.396 e. The molecular weight excluding hydrogens is 186 g/mol. The normalized spacial score (nSPS) is 24.9. The second-order valence-electron chi connectivity index (χ2n) is 3.89. The Hall–Kier alpha value is 0.210. The highest BCUT2D eigenvalue weighted by Gasteiger charge is 2.18. The molecule has 0 aliphatic carbocycles. The van der Waals surface area contributed by atoms with Crippen LogP contribution >= 0.6 is 11.6 Å². The summed E-state index contributed by atoms with van der Waals surface area (Å²) in [6.45, 7) is 3.80. The van der Waals surface area contributed by atoms with Crippen molar-refractivity contribution in [1.82, 2.24) is 4.90 Å². The van der Waals surface area contributed by atoms with Crippen molar-refractivity contribution in [3.63, 3.8) is 0 Å². The molecule has 2 nitrogen and oxygen atoms in total. The summed E-state index contributed by atoms with van der Waals surface area (Å²) in [5, 5.41) is 9.03. The van der Waals surface area contributed by atoms with Crippen LogP contribution < -0.4 is 0 Å². The lowest BCUT2D eigenvalue weighted by Gasteiger charge is -2.31. The van der Waals surface area contributed by atoms with Crippen molar-refractivity contribution in [1.29, 1.82) is 0 Å². The molecule has 0 radical (unpaired) electrons. The van der Waals surface area contributed by atoms with Gasteiger partial charge in [-0.2, -0.15) is 0 Å². The maximum atomic E-state index is 9.03. The summed E-state index contributed by atoms with van der Waals surface area (Å²) in [4.78, 5) is 2.46. The molecule has 1 aliphatic heterocycles. The van der Waals surface area contributed by atoms with E-state index in [-0.39, 0.29) is 0 Å². The maximum Gasteiger partial charge on any atom is 0.0471 e. The minimum absolute atomic E-state index is 0.353. The first kappa shape index (κ1) is 11.3. The number of aliphatic hydroxyl groups is 1. The van der Waals surface area contributed by atoms with Gasteiger partial charge in [0, 0.05) is 19.0 Å². The van der Waals surface area contributed by atoms with Crippen LogP contribution in [-0.2, 0) is 0 Å². The Morgan fingerprint density at radius 1 is 1.38 bits per heavy atom. The van der Waals surface area contributed by atoms with Gasteiger partial charge in [-0.05, 0) is 44.7 Å². The number of alkyl halides is 1. The summed E-state index contributed by atoms with van der Waals surface area (Å²) >= 11 is 5.62. The van der Waals surface area contributed by atoms with Crippen LogP contribution in [0.4, 0.5) is 0 Å². The number of halogens is 1. The summed E-state index contributed by atoms with van der Waals surface area (Å²) in [5.74, 6) is 1.29. The van der Waals surface area contributed by atoms with Gasteiger partial charge in [-0.15, -0.1) is 11.6 Å². The van der Waals surface area contributed by atoms with Gasteiger partial charge in [0.15, 0.2) is 0 Å². The van der Waals surface area contributed by atoms with E-state index < -0.39 is 0 Å². The fraction of sp³-hybridized carbons (Fsp3) is 1.00. The Morgan fingerprint density at radius 3 is 2.92 bits per heavy atom. The highest BCUT2D eigenvalue weighted by molar-refractivity contribution is 6.17. The lowest BCUT2D eigenvalue weighted by Crippen LogP contribution is -2.37. The van der Waals surface area contributed by atoms with Crippen LogP contribution in [0.3, 0.4) is 0 Å². The van der Waals surface area contributed by atoms with Gasteiger partial charge in [-0.1, -0.05) is 0 Å². The van der Waals surface area contributed by atoms with E-state index in [0.717, 1.165) is 25.4 Å². The van der Waals surface area contributed by atoms with Crippen LogP contribution in [0.1, 0.15) is 25.7 Å². The average Bonchev–Trinajstić information content (AvgIpc) is 2.19. The molecule has 13 heavy (non-hydrogen) atoms. The van der Waals surface area contributed by atoms with Gasteiger partial charge in [0.1, 0.15) is 0 Å². The van der Waals surface area contributed by atoms with Crippen LogP contribution in [0.25, 0.3) is 0 Å². The van der Waals surface area contributed by atoms with Crippen molar-refractivity contribution < 1.29 is 5.11 Å². The average molecular weight is 206 g/mol. The zero-order valence-electron chi connectivity index (χ0n) is 8.21. The smallest absolute Gasteiger partial charge is 0.0471 e. The van der Waals surface area contributed by atoms with Gasteiger partial charge in [0.2, 0.25) is 0 Å². The predicted octanol–water partition coefficient (Wildman–Crippen LogP) is 1.71. The molecule has 0 amide bonds. The third-order valence-corrected chi connectivity index (χ3v) is 2.99. The molecule has 1 atom stereocenters. The number of hydrogen-bond acceptors (Lipinski definition) is 2. The minimum atomic E-state index is 0.353. The number of rotatable bonds is 5. The molecule has 0 bridgehead atoms. The molecule has 0 aromatic carbocycles. The summed E-state index contributed by atoms with van der Waals surface area (Å²) in [7, 11) is 0. The van der Waals surface area contributed by atoms with Crippen molar-refractivity contribution in [2.45, 2.75) is 25.7 Å². The molecule has 0 aromatic rings. The molecule has 0 aromatic heterocycles. The molecule has 0 spiro atoms. The standard InChI is InChI=1S/C10H20ClNO/c11-5-1-2-6-12-7-3-4-10(8-12)9-13/h10,13H,1-9H2/t10-/m0/s1.